The van der Waals surface area contributed by atoms with Crippen molar-refractivity contribution in [1.82, 2.24) is 14.9 Å². The fourth-order valence-corrected chi connectivity index (χ4v) is 4.07. The van der Waals surface area contributed by atoms with Crippen LogP contribution < -0.4 is 10.1 Å². The van der Waals surface area contributed by atoms with E-state index in [1.165, 1.54) is 18.5 Å². The largest absolute Gasteiger partial charge is 0.494 e. The van der Waals surface area contributed by atoms with E-state index in [9.17, 15) is 14.0 Å². The van der Waals surface area contributed by atoms with Crippen molar-refractivity contribution in [1.29, 1.82) is 0 Å². The number of ketones is 1. The second-order valence-electron chi connectivity index (χ2n) is 7.84. The molecule has 0 atom stereocenters. The molecule has 1 fully saturated rings. The summed E-state index contributed by atoms with van der Waals surface area (Å²) in [5.74, 6) is -0.494. The third-order valence-corrected chi connectivity index (χ3v) is 5.82. The number of rotatable bonds is 7. The molecule has 1 amide bonds. The highest BCUT2D eigenvalue weighted by Crippen LogP contribution is 2.31. The van der Waals surface area contributed by atoms with Crippen LogP contribution in [0.4, 0.5) is 15.9 Å². The first-order valence-electron chi connectivity index (χ1n) is 10.9. The van der Waals surface area contributed by atoms with Gasteiger partial charge in [0.2, 0.25) is 5.78 Å². The Morgan fingerprint density at radius 3 is 2.67 bits per heavy atom. The molecule has 1 aliphatic heterocycles. The Morgan fingerprint density at radius 2 is 1.94 bits per heavy atom. The number of halogens is 2. The third kappa shape index (κ3) is 5.22. The standard InChI is InChI=1S/C24H24ClFN4O3/c1-2-33-22-13-20-17(10-15(22)11-21(31)24(32)30-8-4-3-5-9-30)23(28-14-27-20)29-16-6-7-19(26)18(25)12-16/h6-7,10,12-14H,2-5,8-9,11H2,1H3,(H,27,28,29). The lowest BCUT2D eigenvalue weighted by atomic mass is 10.0. The number of ether oxygens (including phenoxy) is 1. The molecule has 172 valence electrons. The molecular formula is C24H24ClFN4O3. The number of benzene rings is 2. The van der Waals surface area contributed by atoms with Crippen LogP contribution in [-0.4, -0.2) is 46.3 Å². The van der Waals surface area contributed by atoms with Gasteiger partial charge >= 0.3 is 0 Å². The number of Topliss-reactive ketones (excluding diaryl/α,β-unsaturated/α-hetero) is 1. The first kappa shape index (κ1) is 22.9. The van der Waals surface area contributed by atoms with Crippen LogP contribution in [0.5, 0.6) is 5.75 Å². The van der Waals surface area contributed by atoms with Gasteiger partial charge in [0.1, 0.15) is 23.7 Å². The summed E-state index contributed by atoms with van der Waals surface area (Å²) in [7, 11) is 0. The van der Waals surface area contributed by atoms with E-state index < -0.39 is 17.5 Å². The van der Waals surface area contributed by atoms with Gasteiger partial charge in [-0.3, -0.25) is 9.59 Å². The summed E-state index contributed by atoms with van der Waals surface area (Å²) in [5.41, 5.74) is 1.73. The molecule has 1 saturated heterocycles. The average Bonchev–Trinajstić information content (AvgIpc) is 2.82. The summed E-state index contributed by atoms with van der Waals surface area (Å²) in [6.07, 6.45) is 4.22. The molecule has 2 aromatic carbocycles. The molecule has 3 aromatic rings. The van der Waals surface area contributed by atoms with Crippen LogP contribution >= 0.6 is 11.6 Å². The lowest BCUT2D eigenvalue weighted by molar-refractivity contribution is -0.144. The van der Waals surface area contributed by atoms with E-state index in [1.54, 1.807) is 23.1 Å². The Bertz CT molecular complexity index is 1200. The molecular weight excluding hydrogens is 447 g/mol. The minimum Gasteiger partial charge on any atom is -0.494 e. The number of nitrogens with zero attached hydrogens (tertiary/aromatic N) is 3. The van der Waals surface area contributed by atoms with Crippen LogP contribution in [0.25, 0.3) is 10.9 Å². The number of fused-ring (bicyclic) bond motifs is 1. The topological polar surface area (TPSA) is 84.4 Å². The van der Waals surface area contributed by atoms with Crippen LogP contribution in [-0.2, 0) is 16.0 Å². The van der Waals surface area contributed by atoms with Crippen molar-refractivity contribution in [3.8, 4) is 5.75 Å². The minimum atomic E-state index is -0.518. The first-order valence-corrected chi connectivity index (χ1v) is 11.3. The van der Waals surface area contributed by atoms with Gasteiger partial charge in [0.05, 0.1) is 17.1 Å². The second kappa shape index (κ2) is 10.1. The summed E-state index contributed by atoms with van der Waals surface area (Å²) in [6.45, 7) is 3.47. The molecule has 0 bridgehead atoms. The van der Waals surface area contributed by atoms with Gasteiger partial charge in [0, 0.05) is 42.2 Å². The minimum absolute atomic E-state index is 0.0143. The molecule has 1 aliphatic rings. The molecule has 0 radical (unpaired) electrons. The molecule has 0 saturated carbocycles. The van der Waals surface area contributed by atoms with Gasteiger partial charge in [0.15, 0.2) is 0 Å². The second-order valence-corrected chi connectivity index (χ2v) is 8.25. The third-order valence-electron chi connectivity index (χ3n) is 5.53. The van der Waals surface area contributed by atoms with E-state index in [0.29, 0.717) is 53.4 Å². The Balaban J connectivity index is 1.66. The number of aromatic nitrogens is 2. The summed E-state index contributed by atoms with van der Waals surface area (Å²) in [5, 5.41) is 3.74. The molecule has 1 aromatic heterocycles. The van der Waals surface area contributed by atoms with E-state index in [4.69, 9.17) is 16.3 Å². The molecule has 0 aliphatic carbocycles. The van der Waals surface area contributed by atoms with Crippen molar-refractivity contribution in [3.05, 3.63) is 53.1 Å². The molecule has 0 unspecified atom stereocenters. The van der Waals surface area contributed by atoms with Gasteiger partial charge in [-0.25, -0.2) is 14.4 Å². The van der Waals surface area contributed by atoms with E-state index >= 15 is 0 Å². The van der Waals surface area contributed by atoms with Gasteiger partial charge < -0.3 is 15.0 Å². The average molecular weight is 471 g/mol. The monoisotopic (exact) mass is 470 g/mol. The van der Waals surface area contributed by atoms with Crippen molar-refractivity contribution in [3.63, 3.8) is 0 Å². The fraction of sp³-hybridized carbons (Fsp3) is 0.333. The number of nitrogens with one attached hydrogen (secondary N) is 1. The normalized spacial score (nSPS) is 13.7. The highest BCUT2D eigenvalue weighted by atomic mass is 35.5. The lowest BCUT2D eigenvalue weighted by Gasteiger charge is -2.26. The summed E-state index contributed by atoms with van der Waals surface area (Å²) >= 11 is 5.89. The van der Waals surface area contributed by atoms with Crippen molar-refractivity contribution in [2.45, 2.75) is 32.6 Å². The van der Waals surface area contributed by atoms with E-state index in [0.717, 1.165) is 19.3 Å². The first-order chi connectivity index (χ1) is 16.0. The molecule has 4 rings (SSSR count). The van der Waals surface area contributed by atoms with Gasteiger partial charge in [0.25, 0.3) is 5.91 Å². The van der Waals surface area contributed by atoms with Crippen LogP contribution in [0.1, 0.15) is 31.7 Å². The number of amides is 1. The number of carbonyl (C=O) groups is 2. The fourth-order valence-electron chi connectivity index (χ4n) is 3.89. The number of hydrogen-bond donors (Lipinski definition) is 1. The van der Waals surface area contributed by atoms with Crippen molar-refractivity contribution in [2.75, 3.05) is 25.0 Å². The van der Waals surface area contributed by atoms with Crippen LogP contribution in [0.15, 0.2) is 36.7 Å². The van der Waals surface area contributed by atoms with Gasteiger partial charge in [-0.15, -0.1) is 0 Å². The highest BCUT2D eigenvalue weighted by Gasteiger charge is 2.25. The van der Waals surface area contributed by atoms with Gasteiger partial charge in [-0.05, 0) is 50.5 Å². The van der Waals surface area contributed by atoms with Crippen LogP contribution in [0.2, 0.25) is 5.02 Å². The molecule has 2 heterocycles. The van der Waals surface area contributed by atoms with Gasteiger partial charge in [-0.2, -0.15) is 0 Å². The van der Waals surface area contributed by atoms with E-state index in [2.05, 4.69) is 15.3 Å². The van der Waals surface area contributed by atoms with Crippen LogP contribution in [0.3, 0.4) is 0 Å². The Morgan fingerprint density at radius 1 is 1.15 bits per heavy atom. The SMILES string of the molecule is CCOc1cc2ncnc(Nc3ccc(F)c(Cl)c3)c2cc1CC(=O)C(=O)N1CCCCC1. The molecule has 33 heavy (non-hydrogen) atoms. The molecule has 9 heteroatoms. The molecule has 1 N–H and O–H groups in total. The zero-order valence-electron chi connectivity index (χ0n) is 18.2. The molecule has 0 spiro atoms. The zero-order chi connectivity index (χ0) is 23.4. The maximum Gasteiger partial charge on any atom is 0.290 e. The number of anilines is 2. The predicted octanol–water partition coefficient (Wildman–Crippen LogP) is 4.69. The lowest BCUT2D eigenvalue weighted by Crippen LogP contribution is -2.40. The zero-order valence-corrected chi connectivity index (χ0v) is 19.0. The van der Waals surface area contributed by atoms with Gasteiger partial charge in [-0.1, -0.05) is 11.6 Å². The Kier molecular flexibility index (Phi) is 7.03. The summed E-state index contributed by atoms with van der Waals surface area (Å²) in [4.78, 5) is 35.7. The van der Waals surface area contributed by atoms with Crippen LogP contribution in [0, 0.1) is 5.82 Å². The Hall–Kier alpha value is -3.26. The smallest absolute Gasteiger partial charge is 0.290 e. The van der Waals surface area contributed by atoms with Crippen molar-refractivity contribution < 1.29 is 18.7 Å². The number of likely N-dealkylation sites (tertiary alicyclic amines) is 1. The Labute approximate surface area is 195 Å². The van der Waals surface area contributed by atoms with E-state index in [-0.39, 0.29) is 11.4 Å². The van der Waals surface area contributed by atoms with Crippen molar-refractivity contribution in [2.24, 2.45) is 0 Å². The van der Waals surface area contributed by atoms with Crippen molar-refractivity contribution >= 4 is 45.7 Å². The highest BCUT2D eigenvalue weighted by molar-refractivity contribution is 6.36. The quantitative estimate of drug-likeness (QED) is 0.504. The predicted molar refractivity (Wildman–Crippen MR) is 125 cm³/mol. The maximum atomic E-state index is 13.5. The summed E-state index contributed by atoms with van der Waals surface area (Å²) in [6, 6.07) is 7.76. The summed E-state index contributed by atoms with van der Waals surface area (Å²) < 4.78 is 19.3. The van der Waals surface area contributed by atoms with E-state index in [1.807, 2.05) is 6.92 Å². The molecule has 7 nitrogen and oxygen atoms in total. The number of piperidine rings is 1. The number of carbonyl (C=O) groups excluding carboxylic acids is 2. The number of hydrogen-bond acceptors (Lipinski definition) is 6. The maximum absolute atomic E-state index is 13.5.